The molecule has 5 rings (SSSR count). The number of nitrogens with one attached hydrogen (secondary N) is 2. The predicted octanol–water partition coefficient (Wildman–Crippen LogP) is 3.54. The van der Waals surface area contributed by atoms with Crippen molar-refractivity contribution in [3.8, 4) is 0 Å². The molecule has 36 heavy (non-hydrogen) atoms. The van der Waals surface area contributed by atoms with E-state index in [1.165, 1.54) is 0 Å². The van der Waals surface area contributed by atoms with E-state index in [0.717, 1.165) is 4.90 Å². The van der Waals surface area contributed by atoms with E-state index in [4.69, 9.17) is 0 Å². The number of anilines is 2. The second kappa shape index (κ2) is 9.40. The molecule has 0 saturated carbocycles. The summed E-state index contributed by atoms with van der Waals surface area (Å²) in [4.78, 5) is 34.2. The highest BCUT2D eigenvalue weighted by molar-refractivity contribution is 6.19. The number of hydrogen-bond acceptors (Lipinski definition) is 5. The molecule has 184 valence electrons. The number of aliphatic imine (C=N–C) groups is 1. The lowest BCUT2D eigenvalue weighted by molar-refractivity contribution is -0.127. The number of para-hydroxylation sites is 1. The summed E-state index contributed by atoms with van der Waals surface area (Å²) < 4.78 is 56.2. The van der Waals surface area contributed by atoms with E-state index in [-0.39, 0.29) is 13.0 Å². The van der Waals surface area contributed by atoms with Gasteiger partial charge in [0.1, 0.15) is 11.7 Å². The van der Waals surface area contributed by atoms with Gasteiger partial charge in [-0.05, 0) is 18.9 Å². The lowest BCUT2D eigenvalue weighted by Crippen LogP contribution is -2.50. The van der Waals surface area contributed by atoms with Gasteiger partial charge >= 0.3 is 0 Å². The molecule has 2 aliphatic heterocycles. The first-order valence-electron chi connectivity index (χ1n) is 11.2. The number of nitrogens with zero attached hydrogens (tertiary/aromatic N) is 3. The molecule has 2 amide bonds. The molecule has 0 bridgehead atoms. The zero-order valence-corrected chi connectivity index (χ0v) is 18.6. The van der Waals surface area contributed by atoms with Gasteiger partial charge in [0.2, 0.25) is 23.7 Å². The molecule has 0 radical (unpaired) electrons. The van der Waals surface area contributed by atoms with Gasteiger partial charge < -0.3 is 15.5 Å². The summed E-state index contributed by atoms with van der Waals surface area (Å²) in [6, 6.07) is 14.9. The molecular weight excluding hydrogens is 478 g/mol. The molecule has 1 fully saturated rings. The number of halogens is 4. The van der Waals surface area contributed by atoms with Crippen LogP contribution in [0.3, 0.4) is 0 Å². The van der Waals surface area contributed by atoms with Gasteiger partial charge in [-0.3, -0.25) is 9.59 Å². The van der Waals surface area contributed by atoms with Gasteiger partial charge in [-0.1, -0.05) is 48.5 Å². The van der Waals surface area contributed by atoms with Crippen molar-refractivity contribution >= 4 is 28.9 Å². The van der Waals surface area contributed by atoms with E-state index < -0.39 is 53.2 Å². The van der Waals surface area contributed by atoms with Crippen LogP contribution in [0.5, 0.6) is 0 Å². The maximum Gasteiger partial charge on any atom is 0.269 e. The maximum atomic E-state index is 14.4. The van der Waals surface area contributed by atoms with Crippen LogP contribution in [-0.4, -0.2) is 41.3 Å². The fourth-order valence-electron chi connectivity index (χ4n) is 4.45. The number of aromatic nitrogens is 1. The lowest BCUT2D eigenvalue weighted by atomic mass is 10.0. The third kappa shape index (κ3) is 4.16. The Morgan fingerprint density at radius 3 is 2.36 bits per heavy atom. The van der Waals surface area contributed by atoms with Crippen molar-refractivity contribution in [2.24, 2.45) is 4.99 Å². The lowest BCUT2D eigenvalue weighted by Gasteiger charge is -2.27. The van der Waals surface area contributed by atoms with E-state index in [1.54, 1.807) is 48.5 Å². The van der Waals surface area contributed by atoms with E-state index in [1.807, 2.05) is 6.07 Å². The third-order valence-corrected chi connectivity index (χ3v) is 6.09. The Hall–Kier alpha value is -4.28. The fourth-order valence-corrected chi connectivity index (χ4v) is 4.45. The molecule has 1 aromatic heterocycles. The first-order chi connectivity index (χ1) is 17.3. The van der Waals surface area contributed by atoms with Gasteiger partial charge in [-0.2, -0.15) is 22.5 Å². The van der Waals surface area contributed by atoms with E-state index in [9.17, 15) is 27.2 Å². The Balaban J connectivity index is 1.48. The molecule has 2 N–H and O–H groups in total. The van der Waals surface area contributed by atoms with Crippen molar-refractivity contribution in [1.82, 2.24) is 10.3 Å². The summed E-state index contributed by atoms with van der Waals surface area (Å²) in [6.45, 7) is -0.0321. The first kappa shape index (κ1) is 23.5. The Kier molecular flexibility index (Phi) is 6.13. The van der Waals surface area contributed by atoms with Crippen LogP contribution in [0.25, 0.3) is 0 Å². The molecular formula is C25H19F4N5O2. The van der Waals surface area contributed by atoms with E-state index >= 15 is 0 Å². The van der Waals surface area contributed by atoms with Crippen LogP contribution in [0.4, 0.5) is 28.9 Å². The number of pyridine rings is 1. The molecule has 0 spiro atoms. The van der Waals surface area contributed by atoms with Crippen LogP contribution in [0.1, 0.15) is 24.0 Å². The summed E-state index contributed by atoms with van der Waals surface area (Å²) in [5.74, 6) is -8.40. The largest absolute Gasteiger partial charge is 0.354 e. The molecule has 7 nitrogen and oxygen atoms in total. The highest BCUT2D eigenvalue weighted by Gasteiger charge is 2.38. The Morgan fingerprint density at radius 1 is 0.972 bits per heavy atom. The van der Waals surface area contributed by atoms with Crippen molar-refractivity contribution in [2.45, 2.75) is 25.0 Å². The number of fused-ring (bicyclic) bond motifs is 1. The minimum atomic E-state index is -1.81. The highest BCUT2D eigenvalue weighted by Crippen LogP contribution is 2.32. The molecule has 2 atom stereocenters. The summed E-state index contributed by atoms with van der Waals surface area (Å²) >= 11 is 0. The van der Waals surface area contributed by atoms with Crippen LogP contribution in [0.15, 0.2) is 59.6 Å². The number of benzene rings is 2. The molecule has 3 aromatic rings. The Labute approximate surface area is 202 Å². The van der Waals surface area contributed by atoms with Gasteiger partial charge in [-0.15, -0.1) is 0 Å². The number of carbonyl (C=O) groups excluding carboxylic acids is 2. The summed E-state index contributed by atoms with van der Waals surface area (Å²) in [6.07, 6.45) is -0.910. The molecule has 0 aliphatic carbocycles. The predicted molar refractivity (Wildman–Crippen MR) is 124 cm³/mol. The van der Waals surface area contributed by atoms with Crippen LogP contribution in [-0.2, 0) is 9.59 Å². The highest BCUT2D eigenvalue weighted by atomic mass is 19.2. The quantitative estimate of drug-likeness (QED) is 0.427. The normalized spacial score (nSPS) is 19.3. The monoisotopic (exact) mass is 497 g/mol. The van der Waals surface area contributed by atoms with E-state index in [2.05, 4.69) is 20.6 Å². The van der Waals surface area contributed by atoms with Crippen molar-refractivity contribution in [3.63, 3.8) is 0 Å². The molecule has 2 aromatic carbocycles. The van der Waals surface area contributed by atoms with Gasteiger partial charge in [0.25, 0.3) is 17.8 Å². The van der Waals surface area contributed by atoms with Crippen molar-refractivity contribution in [2.75, 3.05) is 16.8 Å². The zero-order valence-electron chi connectivity index (χ0n) is 18.6. The number of benzodiazepines with no additional fused rings is 1. The van der Waals surface area contributed by atoms with Gasteiger partial charge in [-0.25, -0.2) is 4.99 Å². The standard InChI is InChI=1S/C25H19F4N5O2/c26-17-20(18(27)22(29)32-21(17)28)34-12-6-11-16(34)24(35)33-23-25(36)30-15-10-5-4-9-14(15)19(31-23)13-7-2-1-3-8-13/h1-5,7-10,16,23H,6,11-12H2,(H,30,36)(H,33,35)/t16?,23-/m1/s1. The number of rotatable bonds is 4. The summed E-state index contributed by atoms with van der Waals surface area (Å²) in [7, 11) is 0. The fraction of sp³-hybridized carbons (Fsp3) is 0.200. The molecule has 11 heteroatoms. The van der Waals surface area contributed by atoms with Crippen LogP contribution in [0, 0.1) is 23.5 Å². The Morgan fingerprint density at radius 2 is 1.64 bits per heavy atom. The van der Waals surface area contributed by atoms with Gasteiger partial charge in [0.15, 0.2) is 0 Å². The minimum absolute atomic E-state index is 0.0321. The third-order valence-electron chi connectivity index (χ3n) is 6.09. The summed E-state index contributed by atoms with van der Waals surface area (Å²) in [5, 5.41) is 5.26. The second-order valence-corrected chi connectivity index (χ2v) is 8.31. The molecule has 1 saturated heterocycles. The number of amides is 2. The zero-order chi connectivity index (χ0) is 25.4. The average Bonchev–Trinajstić information content (AvgIpc) is 3.31. The minimum Gasteiger partial charge on any atom is -0.354 e. The van der Waals surface area contributed by atoms with Crippen LogP contribution >= 0.6 is 0 Å². The smallest absolute Gasteiger partial charge is 0.269 e. The second-order valence-electron chi connectivity index (χ2n) is 8.31. The van der Waals surface area contributed by atoms with Gasteiger partial charge in [0.05, 0.1) is 11.4 Å². The SMILES string of the molecule is O=C(N[C@H]1N=C(c2ccccc2)c2ccccc2NC1=O)C1CCCN1c1c(F)c(F)nc(F)c1F. The molecule has 3 heterocycles. The van der Waals surface area contributed by atoms with Gasteiger partial charge in [0, 0.05) is 17.7 Å². The number of hydrogen-bond donors (Lipinski definition) is 2. The van der Waals surface area contributed by atoms with E-state index in [0.29, 0.717) is 28.9 Å². The maximum absolute atomic E-state index is 14.4. The number of carbonyl (C=O) groups is 2. The van der Waals surface area contributed by atoms with Crippen molar-refractivity contribution < 1.29 is 27.2 Å². The van der Waals surface area contributed by atoms with Crippen molar-refractivity contribution in [3.05, 3.63) is 89.3 Å². The Bertz CT molecular complexity index is 1360. The van der Waals surface area contributed by atoms with Crippen molar-refractivity contribution in [1.29, 1.82) is 0 Å². The molecule has 1 unspecified atom stereocenters. The summed E-state index contributed by atoms with van der Waals surface area (Å²) in [5.41, 5.74) is 1.28. The first-order valence-corrected chi connectivity index (χ1v) is 11.2. The average molecular weight is 497 g/mol. The topological polar surface area (TPSA) is 86.7 Å². The van der Waals surface area contributed by atoms with Crippen LogP contribution in [0.2, 0.25) is 0 Å². The molecule has 2 aliphatic rings. The van der Waals surface area contributed by atoms with Crippen LogP contribution < -0.4 is 15.5 Å².